The molecule has 18 heavy (non-hydrogen) atoms. The summed E-state index contributed by atoms with van der Waals surface area (Å²) >= 11 is 0. The fraction of sp³-hybridized carbons (Fsp3) is 0.300. The van der Waals surface area contributed by atoms with Crippen LogP contribution in [0.5, 0.6) is 11.5 Å². The van der Waals surface area contributed by atoms with Crippen LogP contribution in [0.4, 0.5) is 0 Å². The molecule has 1 aromatic rings. The summed E-state index contributed by atoms with van der Waals surface area (Å²) in [4.78, 5) is 10.0. The van der Waals surface area contributed by atoms with E-state index in [1.54, 1.807) is 0 Å². The molecule has 100 valence electrons. The zero-order valence-electron chi connectivity index (χ0n) is 9.74. The lowest BCUT2D eigenvalue weighted by Crippen LogP contribution is -2.14. The minimum absolute atomic E-state index is 0.0428. The number of carboxylic acids is 1. The summed E-state index contributed by atoms with van der Waals surface area (Å²) in [5, 5.41) is 8.41. The predicted molar refractivity (Wildman–Crippen MR) is 60.3 cm³/mol. The van der Waals surface area contributed by atoms with E-state index in [4.69, 9.17) is 14.6 Å². The van der Waals surface area contributed by atoms with Crippen LogP contribution in [0.3, 0.4) is 0 Å². The maximum Gasteiger partial charge on any atom is 0.331 e. The maximum atomic E-state index is 11.8. The van der Waals surface area contributed by atoms with Crippen molar-refractivity contribution in [3.63, 3.8) is 0 Å². The van der Waals surface area contributed by atoms with Gasteiger partial charge in [0.05, 0.1) is 14.2 Å². The normalized spacial score (nSPS) is 11.0. The molecule has 7 nitrogen and oxygen atoms in total. The van der Waals surface area contributed by atoms with E-state index in [-0.39, 0.29) is 16.4 Å². The van der Waals surface area contributed by atoms with Gasteiger partial charge in [0, 0.05) is 6.07 Å². The van der Waals surface area contributed by atoms with Crippen molar-refractivity contribution < 1.29 is 32.0 Å². The zero-order valence-corrected chi connectivity index (χ0v) is 10.6. The molecule has 8 heteroatoms. The first-order valence-electron chi connectivity index (χ1n) is 4.74. The van der Waals surface area contributed by atoms with Gasteiger partial charge in [-0.1, -0.05) is 0 Å². The van der Waals surface area contributed by atoms with Crippen molar-refractivity contribution in [2.45, 2.75) is 4.90 Å². The van der Waals surface area contributed by atoms with Crippen LogP contribution in [0.1, 0.15) is 0 Å². The van der Waals surface area contributed by atoms with Gasteiger partial charge in [0.1, 0.15) is 16.4 Å². The molecule has 0 heterocycles. The van der Waals surface area contributed by atoms with Crippen LogP contribution >= 0.6 is 0 Å². The van der Waals surface area contributed by atoms with Gasteiger partial charge < -0.3 is 14.6 Å². The highest BCUT2D eigenvalue weighted by molar-refractivity contribution is 7.86. The van der Waals surface area contributed by atoms with Gasteiger partial charge in [0.2, 0.25) is 0 Å². The van der Waals surface area contributed by atoms with Gasteiger partial charge in [0.15, 0.2) is 6.61 Å². The van der Waals surface area contributed by atoms with Crippen molar-refractivity contribution in [2.75, 3.05) is 20.8 Å². The van der Waals surface area contributed by atoms with Crippen LogP contribution in [-0.2, 0) is 19.1 Å². The fourth-order valence-corrected chi connectivity index (χ4v) is 2.21. The molecular weight excluding hydrogens is 264 g/mol. The smallest absolute Gasteiger partial charge is 0.331 e. The summed E-state index contributed by atoms with van der Waals surface area (Å²) in [5.41, 5.74) is 0. The molecule has 0 radical (unpaired) electrons. The number of ether oxygens (including phenoxy) is 2. The van der Waals surface area contributed by atoms with Crippen LogP contribution in [0.2, 0.25) is 0 Å². The molecule has 0 aliphatic heterocycles. The lowest BCUT2D eigenvalue weighted by Gasteiger charge is -2.10. The quantitative estimate of drug-likeness (QED) is 0.755. The van der Waals surface area contributed by atoms with Crippen molar-refractivity contribution in [3.8, 4) is 11.5 Å². The Morgan fingerprint density at radius 1 is 1.28 bits per heavy atom. The summed E-state index contributed by atoms with van der Waals surface area (Å²) in [5.74, 6) is -1.06. The maximum absolute atomic E-state index is 11.8. The lowest BCUT2D eigenvalue weighted by atomic mass is 10.3. The molecule has 0 aromatic heterocycles. The molecule has 1 N–H and O–H groups in total. The monoisotopic (exact) mass is 276 g/mol. The summed E-state index contributed by atoms with van der Waals surface area (Å²) in [6, 6.07) is 4.08. The lowest BCUT2D eigenvalue weighted by molar-refractivity contribution is -0.139. The summed E-state index contributed by atoms with van der Waals surface area (Å²) in [6.07, 6.45) is 0. The van der Waals surface area contributed by atoms with Crippen molar-refractivity contribution in [2.24, 2.45) is 0 Å². The number of benzene rings is 1. The highest BCUT2D eigenvalue weighted by Gasteiger charge is 2.22. The topological polar surface area (TPSA) is 99.1 Å². The Balaban J connectivity index is 3.16. The Bertz CT molecular complexity index is 535. The second-order valence-corrected chi connectivity index (χ2v) is 4.71. The molecule has 0 unspecified atom stereocenters. The number of hydrogen-bond donors (Lipinski definition) is 1. The second kappa shape index (κ2) is 5.69. The van der Waals surface area contributed by atoms with Gasteiger partial charge in [-0.15, -0.1) is 0 Å². The van der Waals surface area contributed by atoms with Crippen molar-refractivity contribution in [1.29, 1.82) is 0 Å². The molecule has 1 aromatic carbocycles. The van der Waals surface area contributed by atoms with E-state index in [0.29, 0.717) is 0 Å². The zero-order chi connectivity index (χ0) is 13.8. The van der Waals surface area contributed by atoms with E-state index in [2.05, 4.69) is 4.18 Å². The van der Waals surface area contributed by atoms with Crippen LogP contribution in [0, 0.1) is 0 Å². The van der Waals surface area contributed by atoms with E-state index < -0.39 is 22.7 Å². The van der Waals surface area contributed by atoms with Gasteiger partial charge in [-0.25, -0.2) is 4.79 Å². The third-order valence-electron chi connectivity index (χ3n) is 1.98. The molecule has 0 atom stereocenters. The molecule has 1 rings (SSSR count). The first-order chi connectivity index (χ1) is 8.40. The van der Waals surface area contributed by atoms with Crippen molar-refractivity contribution >= 4 is 16.1 Å². The number of carboxylic acid groups (broad SMARTS) is 1. The molecule has 0 saturated carbocycles. The van der Waals surface area contributed by atoms with E-state index >= 15 is 0 Å². The highest BCUT2D eigenvalue weighted by atomic mass is 32.2. The molecule has 0 aliphatic rings. The van der Waals surface area contributed by atoms with E-state index in [9.17, 15) is 13.2 Å². The first kappa shape index (κ1) is 14.3. The Hall–Kier alpha value is -1.80. The first-order valence-corrected chi connectivity index (χ1v) is 6.15. The standard InChI is InChI=1S/C10H12O7S/c1-15-7-3-4-8(16-2)9(5-7)18(13,14)17-6-10(11)12/h3-5H,6H2,1-2H3,(H,11,12). The van der Waals surface area contributed by atoms with E-state index in [1.165, 1.54) is 32.4 Å². The molecule has 0 spiro atoms. The number of rotatable bonds is 6. The molecule has 0 aliphatic carbocycles. The molecule has 0 saturated heterocycles. The number of methoxy groups -OCH3 is 2. The van der Waals surface area contributed by atoms with Crippen LogP contribution in [0.25, 0.3) is 0 Å². The molecule has 0 fully saturated rings. The number of carbonyl (C=O) groups is 1. The third kappa shape index (κ3) is 3.34. The summed E-state index contributed by atoms with van der Waals surface area (Å²) in [7, 11) is -1.56. The summed E-state index contributed by atoms with van der Waals surface area (Å²) in [6.45, 7) is -0.956. The van der Waals surface area contributed by atoms with Gasteiger partial charge in [0.25, 0.3) is 0 Å². The van der Waals surface area contributed by atoms with Crippen molar-refractivity contribution in [3.05, 3.63) is 18.2 Å². The van der Waals surface area contributed by atoms with E-state index in [0.717, 1.165) is 0 Å². The SMILES string of the molecule is COc1ccc(OC)c(S(=O)(=O)OCC(=O)O)c1. The number of aliphatic carboxylic acids is 1. The third-order valence-corrected chi connectivity index (χ3v) is 3.26. The Labute approximate surface area is 104 Å². The van der Waals surface area contributed by atoms with Crippen LogP contribution in [-0.4, -0.2) is 40.3 Å². The molecule has 0 amide bonds. The molecular formula is C10H12O7S. The fourth-order valence-electron chi connectivity index (χ4n) is 1.17. The Morgan fingerprint density at radius 2 is 1.94 bits per heavy atom. The minimum Gasteiger partial charge on any atom is -0.497 e. The average molecular weight is 276 g/mol. The van der Waals surface area contributed by atoms with Crippen molar-refractivity contribution in [1.82, 2.24) is 0 Å². The minimum atomic E-state index is -4.22. The Morgan fingerprint density at radius 3 is 2.44 bits per heavy atom. The highest BCUT2D eigenvalue weighted by Crippen LogP contribution is 2.29. The number of hydrogen-bond acceptors (Lipinski definition) is 6. The Kier molecular flexibility index (Phi) is 4.51. The average Bonchev–Trinajstić information content (AvgIpc) is 2.35. The van der Waals surface area contributed by atoms with Gasteiger partial charge >= 0.3 is 16.1 Å². The van der Waals surface area contributed by atoms with Crippen LogP contribution < -0.4 is 9.47 Å². The second-order valence-electron chi connectivity index (χ2n) is 3.13. The van der Waals surface area contributed by atoms with Crippen LogP contribution in [0.15, 0.2) is 23.1 Å². The van der Waals surface area contributed by atoms with Gasteiger partial charge in [-0.2, -0.15) is 8.42 Å². The molecule has 0 bridgehead atoms. The summed E-state index contributed by atoms with van der Waals surface area (Å²) < 4.78 is 37.6. The predicted octanol–water partition coefficient (Wildman–Crippen LogP) is 0.494. The van der Waals surface area contributed by atoms with Gasteiger partial charge in [-0.3, -0.25) is 4.18 Å². The largest absolute Gasteiger partial charge is 0.497 e. The van der Waals surface area contributed by atoms with E-state index in [1.807, 2.05) is 0 Å². The van der Waals surface area contributed by atoms with Gasteiger partial charge in [-0.05, 0) is 12.1 Å².